The largest absolute Gasteiger partial charge is 0.384 e. The van der Waals surface area contributed by atoms with Crippen molar-refractivity contribution in [1.29, 1.82) is 5.26 Å². The lowest BCUT2D eigenvalue weighted by Crippen LogP contribution is -2.42. The van der Waals surface area contributed by atoms with Crippen LogP contribution in [0.4, 0.5) is 5.69 Å². The third kappa shape index (κ3) is 2.90. The van der Waals surface area contributed by atoms with Crippen LogP contribution < -0.4 is 10.6 Å². The zero-order valence-electron chi connectivity index (χ0n) is 16.1. The maximum atomic E-state index is 13.3. The van der Waals surface area contributed by atoms with E-state index < -0.39 is 5.92 Å². The fourth-order valence-corrected chi connectivity index (χ4v) is 4.36. The molecule has 0 fully saturated rings. The molecular formula is C24H23N3O. The van der Waals surface area contributed by atoms with Crippen molar-refractivity contribution in [3.05, 3.63) is 88.9 Å². The molecule has 1 aliphatic heterocycles. The predicted octanol–water partition coefficient (Wildman–Crippen LogP) is 4.63. The Morgan fingerprint density at radius 3 is 2.25 bits per heavy atom. The van der Waals surface area contributed by atoms with E-state index in [0.29, 0.717) is 23.4 Å². The minimum atomic E-state index is -0.412. The molecule has 2 aromatic rings. The third-order valence-electron chi connectivity index (χ3n) is 5.53. The van der Waals surface area contributed by atoms with Crippen LogP contribution in [0.2, 0.25) is 0 Å². The Kier molecular flexibility index (Phi) is 4.31. The highest BCUT2D eigenvalue weighted by Gasteiger charge is 2.44. The molecule has 0 radical (unpaired) electrons. The Morgan fingerprint density at radius 2 is 1.64 bits per heavy atom. The summed E-state index contributed by atoms with van der Waals surface area (Å²) in [6.45, 7) is 4.21. The van der Waals surface area contributed by atoms with Crippen molar-refractivity contribution in [3.63, 3.8) is 0 Å². The minimum Gasteiger partial charge on any atom is -0.384 e. The maximum absolute atomic E-state index is 13.3. The van der Waals surface area contributed by atoms with Gasteiger partial charge < -0.3 is 5.73 Å². The van der Waals surface area contributed by atoms with E-state index in [1.165, 1.54) is 0 Å². The number of carbonyl (C=O) groups is 1. The van der Waals surface area contributed by atoms with Gasteiger partial charge in [0.15, 0.2) is 5.78 Å². The smallest absolute Gasteiger partial charge is 0.162 e. The number of Topliss-reactive ketones (excluding diaryl/α,β-unsaturated/α-hetero) is 1. The van der Waals surface area contributed by atoms with Gasteiger partial charge in [0.05, 0.1) is 17.6 Å². The highest BCUT2D eigenvalue weighted by molar-refractivity contribution is 6.01. The van der Waals surface area contributed by atoms with Crippen molar-refractivity contribution in [2.24, 2.45) is 11.1 Å². The highest BCUT2D eigenvalue weighted by Crippen LogP contribution is 2.49. The standard InChI is InChI=1S/C24H23N3O/c1-24(2)13-19-22(20(28)14-24)21(16-9-5-3-6-10-16)18(15-25)23(26)27(19)17-11-7-4-8-12-17/h3-12,21H,13-14,26H2,1-2H3/t21-/m1/s1. The Morgan fingerprint density at radius 1 is 1.04 bits per heavy atom. The topological polar surface area (TPSA) is 70.1 Å². The molecule has 28 heavy (non-hydrogen) atoms. The Hall–Kier alpha value is -3.32. The number of nitriles is 1. The first-order valence-corrected chi connectivity index (χ1v) is 9.49. The van der Waals surface area contributed by atoms with Crippen molar-refractivity contribution in [3.8, 4) is 6.07 Å². The second-order valence-corrected chi connectivity index (χ2v) is 8.23. The van der Waals surface area contributed by atoms with Gasteiger partial charge in [-0.1, -0.05) is 62.4 Å². The van der Waals surface area contributed by atoms with E-state index >= 15 is 0 Å². The van der Waals surface area contributed by atoms with Gasteiger partial charge in [0.2, 0.25) is 0 Å². The first-order valence-electron chi connectivity index (χ1n) is 9.49. The van der Waals surface area contributed by atoms with Gasteiger partial charge in [-0.2, -0.15) is 5.26 Å². The summed E-state index contributed by atoms with van der Waals surface area (Å²) in [5.74, 6) is 0.0952. The zero-order valence-corrected chi connectivity index (χ0v) is 16.1. The maximum Gasteiger partial charge on any atom is 0.162 e. The summed E-state index contributed by atoms with van der Waals surface area (Å²) in [5.41, 5.74) is 10.3. The summed E-state index contributed by atoms with van der Waals surface area (Å²) in [7, 11) is 0. The van der Waals surface area contributed by atoms with Crippen LogP contribution in [0.1, 0.15) is 38.2 Å². The molecule has 4 nitrogen and oxygen atoms in total. The fourth-order valence-electron chi connectivity index (χ4n) is 4.36. The molecule has 1 aliphatic carbocycles. The number of allylic oxidation sites excluding steroid dienone is 3. The summed E-state index contributed by atoms with van der Waals surface area (Å²) >= 11 is 0. The van der Waals surface area contributed by atoms with E-state index in [0.717, 1.165) is 23.4 Å². The third-order valence-corrected chi connectivity index (χ3v) is 5.53. The van der Waals surface area contributed by atoms with Crippen molar-refractivity contribution in [2.45, 2.75) is 32.6 Å². The van der Waals surface area contributed by atoms with Crippen LogP contribution in [-0.2, 0) is 4.79 Å². The molecule has 140 valence electrons. The lowest BCUT2D eigenvalue weighted by atomic mass is 9.68. The molecule has 0 saturated carbocycles. The van der Waals surface area contributed by atoms with E-state index in [1.807, 2.05) is 65.6 Å². The molecule has 1 heterocycles. The van der Waals surface area contributed by atoms with E-state index in [4.69, 9.17) is 5.73 Å². The Labute approximate surface area is 165 Å². The number of nitrogens with two attached hydrogens (primary N) is 1. The highest BCUT2D eigenvalue weighted by atomic mass is 16.1. The van der Waals surface area contributed by atoms with Crippen molar-refractivity contribution in [2.75, 3.05) is 4.90 Å². The van der Waals surface area contributed by atoms with Crippen LogP contribution in [0, 0.1) is 16.7 Å². The molecule has 2 aromatic carbocycles. The minimum absolute atomic E-state index is 0.0984. The van der Waals surface area contributed by atoms with E-state index in [9.17, 15) is 10.1 Å². The number of para-hydroxylation sites is 1. The first kappa shape index (κ1) is 18.1. The lowest BCUT2D eigenvalue weighted by molar-refractivity contribution is -0.118. The second kappa shape index (κ2) is 6.69. The van der Waals surface area contributed by atoms with Crippen molar-refractivity contribution >= 4 is 11.5 Å². The van der Waals surface area contributed by atoms with Gasteiger partial charge in [-0.3, -0.25) is 9.69 Å². The lowest BCUT2D eigenvalue weighted by Gasteiger charge is -2.43. The summed E-state index contributed by atoms with van der Waals surface area (Å²) in [6.07, 6.45) is 1.20. The number of anilines is 1. The number of nitrogens with zero attached hydrogens (tertiary/aromatic N) is 2. The van der Waals surface area contributed by atoms with Crippen LogP contribution in [0.15, 0.2) is 83.3 Å². The Bertz CT molecular complexity index is 1030. The number of carbonyl (C=O) groups excluding carboxylic acids is 1. The summed E-state index contributed by atoms with van der Waals surface area (Å²) < 4.78 is 0. The molecule has 0 amide bonds. The average Bonchev–Trinajstić information content (AvgIpc) is 2.67. The fraction of sp³-hybridized carbons (Fsp3) is 0.250. The van der Waals surface area contributed by atoms with Gasteiger partial charge in [0.1, 0.15) is 5.82 Å². The van der Waals surface area contributed by atoms with Gasteiger partial charge in [0, 0.05) is 23.4 Å². The van der Waals surface area contributed by atoms with Crippen LogP contribution in [0.25, 0.3) is 0 Å². The molecule has 4 heteroatoms. The molecule has 1 atom stereocenters. The Balaban J connectivity index is 2.00. The number of benzene rings is 2. The predicted molar refractivity (Wildman–Crippen MR) is 110 cm³/mol. The SMILES string of the molecule is CC1(C)CC(=O)C2=C(C1)N(c1ccccc1)C(N)=C(C#N)[C@H]2c1ccccc1. The molecule has 0 bridgehead atoms. The van der Waals surface area contributed by atoms with Crippen LogP contribution in [0.5, 0.6) is 0 Å². The molecule has 2 aliphatic rings. The molecule has 4 rings (SSSR count). The van der Waals surface area contributed by atoms with Gasteiger partial charge in [-0.15, -0.1) is 0 Å². The number of hydrogen-bond donors (Lipinski definition) is 1. The second-order valence-electron chi connectivity index (χ2n) is 8.23. The zero-order chi connectivity index (χ0) is 19.9. The molecule has 0 unspecified atom stereocenters. The van der Waals surface area contributed by atoms with Gasteiger partial charge in [-0.05, 0) is 29.5 Å². The van der Waals surface area contributed by atoms with Crippen LogP contribution in [0.3, 0.4) is 0 Å². The van der Waals surface area contributed by atoms with E-state index in [2.05, 4.69) is 19.9 Å². The summed E-state index contributed by atoms with van der Waals surface area (Å²) in [5, 5.41) is 9.99. The monoisotopic (exact) mass is 369 g/mol. The summed E-state index contributed by atoms with van der Waals surface area (Å²) in [4.78, 5) is 15.2. The summed E-state index contributed by atoms with van der Waals surface area (Å²) in [6, 6.07) is 21.8. The van der Waals surface area contributed by atoms with E-state index in [1.54, 1.807) is 0 Å². The number of rotatable bonds is 2. The number of hydrogen-bond acceptors (Lipinski definition) is 4. The quantitative estimate of drug-likeness (QED) is 0.838. The van der Waals surface area contributed by atoms with Crippen LogP contribution in [-0.4, -0.2) is 5.78 Å². The molecule has 0 saturated heterocycles. The van der Waals surface area contributed by atoms with Gasteiger partial charge in [-0.25, -0.2) is 0 Å². The van der Waals surface area contributed by atoms with Crippen LogP contribution >= 0.6 is 0 Å². The molecular weight excluding hydrogens is 346 g/mol. The molecule has 2 N–H and O–H groups in total. The first-order chi connectivity index (χ1) is 13.4. The molecule has 0 spiro atoms. The average molecular weight is 369 g/mol. The van der Waals surface area contributed by atoms with E-state index in [-0.39, 0.29) is 11.2 Å². The van der Waals surface area contributed by atoms with Crippen molar-refractivity contribution in [1.82, 2.24) is 0 Å². The van der Waals surface area contributed by atoms with Gasteiger partial charge >= 0.3 is 0 Å². The van der Waals surface area contributed by atoms with Gasteiger partial charge in [0.25, 0.3) is 0 Å². The van der Waals surface area contributed by atoms with Crippen molar-refractivity contribution < 1.29 is 4.79 Å². The number of ketones is 1. The normalized spacial score (nSPS) is 21.4. The molecule has 0 aromatic heterocycles.